The zero-order valence-corrected chi connectivity index (χ0v) is 14.4. The van der Waals surface area contributed by atoms with Crippen molar-refractivity contribution in [3.8, 4) is 0 Å². The van der Waals surface area contributed by atoms with Gasteiger partial charge in [0.25, 0.3) is 0 Å². The Kier molecular flexibility index (Phi) is 5.42. The van der Waals surface area contributed by atoms with Gasteiger partial charge in [-0.05, 0) is 32.6 Å². The van der Waals surface area contributed by atoms with Crippen LogP contribution in [0.25, 0.3) is 0 Å². The molecule has 0 spiro atoms. The van der Waals surface area contributed by atoms with Gasteiger partial charge in [0, 0.05) is 6.54 Å². The van der Waals surface area contributed by atoms with Crippen molar-refractivity contribution in [1.82, 2.24) is 14.9 Å². The van der Waals surface area contributed by atoms with Crippen LogP contribution < -0.4 is 5.32 Å². The lowest BCUT2D eigenvalue weighted by Crippen LogP contribution is -2.35. The summed E-state index contributed by atoms with van der Waals surface area (Å²) >= 11 is 0. The van der Waals surface area contributed by atoms with Crippen LogP contribution in [0.1, 0.15) is 66.6 Å². The summed E-state index contributed by atoms with van der Waals surface area (Å²) in [6, 6.07) is -0.0929. The highest BCUT2D eigenvalue weighted by Crippen LogP contribution is 2.22. The zero-order chi connectivity index (χ0) is 16.3. The predicted molar refractivity (Wildman–Crippen MR) is 84.1 cm³/mol. The van der Waals surface area contributed by atoms with Crippen molar-refractivity contribution >= 4 is 6.09 Å². The topological polar surface area (TPSA) is 56.1 Å². The van der Waals surface area contributed by atoms with Crippen molar-refractivity contribution in [3.05, 3.63) is 18.2 Å². The fraction of sp³-hybridized carbons (Fsp3) is 0.750. The summed E-state index contributed by atoms with van der Waals surface area (Å²) in [6.45, 7) is 15.0. The van der Waals surface area contributed by atoms with E-state index in [2.05, 4.69) is 35.6 Å². The number of nitrogens with zero attached hydrogens (tertiary/aromatic N) is 2. The highest BCUT2D eigenvalue weighted by molar-refractivity contribution is 5.68. The quantitative estimate of drug-likeness (QED) is 0.916. The van der Waals surface area contributed by atoms with E-state index in [0.29, 0.717) is 0 Å². The van der Waals surface area contributed by atoms with Crippen LogP contribution in [0.5, 0.6) is 0 Å². The van der Waals surface area contributed by atoms with Crippen molar-refractivity contribution in [2.75, 3.05) is 0 Å². The third-order valence-corrected chi connectivity index (χ3v) is 2.85. The molecular weight excluding hydrogens is 266 g/mol. The summed E-state index contributed by atoms with van der Waals surface area (Å²) in [4.78, 5) is 16.2. The van der Waals surface area contributed by atoms with E-state index in [1.807, 2.05) is 40.2 Å². The van der Waals surface area contributed by atoms with Crippen LogP contribution in [-0.2, 0) is 11.3 Å². The maximum absolute atomic E-state index is 12.0. The molecule has 1 heterocycles. The van der Waals surface area contributed by atoms with Crippen LogP contribution in [0.4, 0.5) is 4.79 Å². The van der Waals surface area contributed by atoms with E-state index in [4.69, 9.17) is 4.74 Å². The molecule has 120 valence electrons. The van der Waals surface area contributed by atoms with Crippen LogP contribution in [0.15, 0.2) is 12.5 Å². The van der Waals surface area contributed by atoms with Crippen molar-refractivity contribution in [2.24, 2.45) is 5.41 Å². The minimum absolute atomic E-state index is 0.0929. The van der Waals surface area contributed by atoms with Gasteiger partial charge in [-0.1, -0.05) is 27.7 Å². The van der Waals surface area contributed by atoms with E-state index in [-0.39, 0.29) is 11.5 Å². The lowest BCUT2D eigenvalue weighted by molar-refractivity contribution is 0.0500. The second kappa shape index (κ2) is 6.50. The summed E-state index contributed by atoms with van der Waals surface area (Å²) in [7, 11) is 0. The van der Waals surface area contributed by atoms with Gasteiger partial charge in [0.05, 0.1) is 24.3 Å². The molecule has 0 fully saturated rings. The third kappa shape index (κ3) is 6.19. The first-order chi connectivity index (χ1) is 9.52. The van der Waals surface area contributed by atoms with Crippen LogP contribution in [0.2, 0.25) is 0 Å². The van der Waals surface area contributed by atoms with Gasteiger partial charge < -0.3 is 14.6 Å². The zero-order valence-electron chi connectivity index (χ0n) is 14.4. The molecule has 0 unspecified atom stereocenters. The normalized spacial score (nSPS) is 13.9. The molecule has 0 aromatic carbocycles. The minimum atomic E-state index is -0.492. The number of carbonyl (C=O) groups is 1. The summed E-state index contributed by atoms with van der Waals surface area (Å²) in [5.74, 6) is 0. The molecule has 0 saturated heterocycles. The van der Waals surface area contributed by atoms with Crippen molar-refractivity contribution in [1.29, 1.82) is 0 Å². The maximum atomic E-state index is 12.0. The molecule has 1 rings (SSSR count). The number of aromatic nitrogens is 2. The van der Waals surface area contributed by atoms with E-state index in [9.17, 15) is 4.79 Å². The van der Waals surface area contributed by atoms with E-state index < -0.39 is 11.7 Å². The van der Waals surface area contributed by atoms with E-state index in [0.717, 1.165) is 18.7 Å². The number of nitrogens with one attached hydrogen (secondary N) is 1. The van der Waals surface area contributed by atoms with Gasteiger partial charge in [0.1, 0.15) is 5.60 Å². The summed E-state index contributed by atoms with van der Waals surface area (Å²) in [5, 5.41) is 2.93. The lowest BCUT2D eigenvalue weighted by Gasteiger charge is -2.25. The smallest absolute Gasteiger partial charge is 0.408 e. The molecule has 1 N–H and O–H groups in total. The average Bonchev–Trinajstić information content (AvgIpc) is 2.68. The lowest BCUT2D eigenvalue weighted by atomic mass is 9.96. The molecule has 0 aliphatic heterocycles. The number of amides is 1. The van der Waals surface area contributed by atoms with Gasteiger partial charge in [0.15, 0.2) is 0 Å². The van der Waals surface area contributed by atoms with Gasteiger partial charge in [-0.2, -0.15) is 0 Å². The first-order valence-corrected chi connectivity index (χ1v) is 7.51. The monoisotopic (exact) mass is 295 g/mol. The van der Waals surface area contributed by atoms with Crippen molar-refractivity contribution in [2.45, 2.75) is 73.1 Å². The maximum Gasteiger partial charge on any atom is 0.408 e. The fourth-order valence-corrected chi connectivity index (χ4v) is 2.10. The Labute approximate surface area is 128 Å². The first kappa shape index (κ1) is 17.5. The number of rotatable bonds is 4. The number of alkyl carbamates (subject to hydrolysis) is 1. The molecule has 0 aliphatic carbocycles. The van der Waals surface area contributed by atoms with Crippen LogP contribution >= 0.6 is 0 Å². The van der Waals surface area contributed by atoms with Crippen LogP contribution in [0.3, 0.4) is 0 Å². The molecule has 1 amide bonds. The second-order valence-corrected chi connectivity index (χ2v) is 7.61. The summed E-state index contributed by atoms with van der Waals surface area (Å²) in [6.07, 6.45) is 4.03. The molecule has 0 radical (unpaired) electrons. The van der Waals surface area contributed by atoms with Crippen molar-refractivity contribution in [3.63, 3.8) is 0 Å². The number of ether oxygens (including phenoxy) is 1. The largest absolute Gasteiger partial charge is 0.444 e. The molecule has 21 heavy (non-hydrogen) atoms. The predicted octanol–water partition coefficient (Wildman–Crippen LogP) is 3.91. The Morgan fingerprint density at radius 1 is 1.33 bits per heavy atom. The fourth-order valence-electron chi connectivity index (χ4n) is 2.10. The van der Waals surface area contributed by atoms with Crippen LogP contribution in [-0.4, -0.2) is 21.2 Å². The van der Waals surface area contributed by atoms with Gasteiger partial charge in [-0.3, -0.25) is 0 Å². The Hall–Kier alpha value is -1.52. The molecule has 0 bridgehead atoms. The van der Waals surface area contributed by atoms with Gasteiger partial charge in [0.2, 0.25) is 0 Å². The highest BCUT2D eigenvalue weighted by Gasteiger charge is 2.22. The SMILES string of the molecule is CC[C@@H](NC(=O)OC(C)(C)C)c1cncn1CC(C)(C)C. The molecule has 5 heteroatoms. The number of hydrogen-bond donors (Lipinski definition) is 1. The molecule has 0 aliphatic rings. The third-order valence-electron chi connectivity index (χ3n) is 2.85. The molecule has 1 atom stereocenters. The second-order valence-electron chi connectivity index (χ2n) is 7.61. The Bertz CT molecular complexity index is 467. The molecule has 0 saturated carbocycles. The Morgan fingerprint density at radius 3 is 2.43 bits per heavy atom. The number of imidazole rings is 1. The van der Waals surface area contributed by atoms with Crippen LogP contribution in [0, 0.1) is 5.41 Å². The number of carbonyl (C=O) groups excluding carboxylic acids is 1. The first-order valence-electron chi connectivity index (χ1n) is 7.51. The summed E-state index contributed by atoms with van der Waals surface area (Å²) in [5.41, 5.74) is 0.673. The Morgan fingerprint density at radius 2 is 1.95 bits per heavy atom. The molecule has 5 nitrogen and oxygen atoms in total. The molecular formula is C16H29N3O2. The standard InChI is InChI=1S/C16H29N3O2/c1-8-12(18-14(20)21-16(5,6)7)13-9-17-11-19(13)10-15(2,3)4/h9,11-12H,8,10H2,1-7H3,(H,18,20)/t12-/m1/s1. The van der Waals surface area contributed by atoms with E-state index in [1.165, 1.54) is 0 Å². The molecule has 1 aromatic rings. The highest BCUT2D eigenvalue weighted by atomic mass is 16.6. The van der Waals surface area contributed by atoms with Gasteiger partial charge in [-0.25, -0.2) is 9.78 Å². The molecule has 1 aromatic heterocycles. The summed E-state index contributed by atoms with van der Waals surface area (Å²) < 4.78 is 7.43. The minimum Gasteiger partial charge on any atom is -0.444 e. The van der Waals surface area contributed by atoms with E-state index >= 15 is 0 Å². The van der Waals surface area contributed by atoms with E-state index in [1.54, 1.807) is 0 Å². The Balaban J connectivity index is 2.82. The average molecular weight is 295 g/mol. The van der Waals surface area contributed by atoms with Crippen molar-refractivity contribution < 1.29 is 9.53 Å². The van der Waals surface area contributed by atoms with Gasteiger partial charge >= 0.3 is 6.09 Å². The number of hydrogen-bond acceptors (Lipinski definition) is 3. The van der Waals surface area contributed by atoms with Gasteiger partial charge in [-0.15, -0.1) is 0 Å².